The van der Waals surface area contributed by atoms with Crippen LogP contribution in [0.1, 0.15) is 5.56 Å². The Kier molecular flexibility index (Phi) is 3.82. The fourth-order valence-electron chi connectivity index (χ4n) is 1.46. The molecule has 2 rings (SSSR count). The maximum absolute atomic E-state index is 5.83. The van der Waals surface area contributed by atoms with Gasteiger partial charge in [0.05, 0.1) is 12.4 Å². The first kappa shape index (κ1) is 12.1. The monoisotopic (exact) mass is 267 g/mol. The second kappa shape index (κ2) is 5.34. The molecule has 0 amide bonds. The van der Waals surface area contributed by atoms with Gasteiger partial charge in [0.25, 0.3) is 0 Å². The van der Waals surface area contributed by atoms with E-state index in [0.29, 0.717) is 5.15 Å². The summed E-state index contributed by atoms with van der Waals surface area (Å²) in [5.41, 5.74) is 1.15. The first-order chi connectivity index (χ1) is 8.15. The molecule has 0 N–H and O–H groups in total. The van der Waals surface area contributed by atoms with Crippen LogP contribution in [0.4, 0.5) is 5.82 Å². The predicted molar refractivity (Wildman–Crippen MR) is 70.6 cm³/mol. The smallest absolute Gasteiger partial charge is 0.149 e. The van der Waals surface area contributed by atoms with Crippen LogP contribution in [-0.4, -0.2) is 17.0 Å². The largest absolute Gasteiger partial charge is 0.354 e. The molecular weight excluding hydrogens is 257 g/mol. The molecule has 1 aromatic heterocycles. The summed E-state index contributed by atoms with van der Waals surface area (Å²) < 4.78 is 0. The second-order valence-corrected chi connectivity index (χ2v) is 4.51. The zero-order chi connectivity index (χ0) is 12.3. The van der Waals surface area contributed by atoms with Crippen molar-refractivity contribution in [3.05, 3.63) is 52.4 Å². The minimum atomic E-state index is 0.394. The summed E-state index contributed by atoms with van der Waals surface area (Å²) in [6, 6.07) is 7.70. The van der Waals surface area contributed by atoms with E-state index < -0.39 is 0 Å². The van der Waals surface area contributed by atoms with E-state index in [2.05, 4.69) is 9.97 Å². The van der Waals surface area contributed by atoms with Crippen LogP contribution >= 0.6 is 23.2 Å². The fraction of sp³-hybridized carbons (Fsp3) is 0.167. The van der Waals surface area contributed by atoms with Crippen molar-refractivity contribution in [2.75, 3.05) is 11.9 Å². The zero-order valence-electron chi connectivity index (χ0n) is 9.27. The Balaban J connectivity index is 2.11. The van der Waals surface area contributed by atoms with Gasteiger partial charge in [-0.2, -0.15) is 0 Å². The van der Waals surface area contributed by atoms with Crippen LogP contribution in [0.3, 0.4) is 0 Å². The lowest BCUT2D eigenvalue weighted by molar-refractivity contribution is 0.890. The number of rotatable bonds is 3. The molecule has 0 radical (unpaired) electrons. The Morgan fingerprint density at radius 3 is 2.47 bits per heavy atom. The molecule has 0 bridgehead atoms. The van der Waals surface area contributed by atoms with Gasteiger partial charge >= 0.3 is 0 Å². The molecule has 0 saturated heterocycles. The molecule has 88 valence electrons. The highest BCUT2D eigenvalue weighted by Gasteiger charge is 2.04. The predicted octanol–water partition coefficient (Wildman–Crippen LogP) is 3.42. The molecule has 0 saturated carbocycles. The number of benzene rings is 1. The highest BCUT2D eigenvalue weighted by Crippen LogP contribution is 2.15. The molecular formula is C12H11Cl2N3. The number of anilines is 1. The van der Waals surface area contributed by atoms with E-state index in [1.165, 1.54) is 6.20 Å². The van der Waals surface area contributed by atoms with Crippen molar-refractivity contribution in [3.8, 4) is 0 Å². The topological polar surface area (TPSA) is 29.0 Å². The van der Waals surface area contributed by atoms with Crippen molar-refractivity contribution in [1.82, 2.24) is 9.97 Å². The van der Waals surface area contributed by atoms with Gasteiger partial charge in [0.1, 0.15) is 11.0 Å². The minimum Gasteiger partial charge on any atom is -0.354 e. The Labute approximate surface area is 110 Å². The average molecular weight is 268 g/mol. The van der Waals surface area contributed by atoms with Gasteiger partial charge in [-0.05, 0) is 17.7 Å². The van der Waals surface area contributed by atoms with Crippen LogP contribution < -0.4 is 4.90 Å². The van der Waals surface area contributed by atoms with Crippen molar-refractivity contribution < 1.29 is 0 Å². The standard InChI is InChI=1S/C12H11Cl2N3/c1-17(12-7-15-6-11(14)16-12)8-9-2-4-10(13)5-3-9/h2-7H,8H2,1H3. The van der Waals surface area contributed by atoms with Gasteiger partial charge in [-0.25, -0.2) is 4.98 Å². The molecule has 1 heterocycles. The van der Waals surface area contributed by atoms with Crippen LogP contribution in [0.5, 0.6) is 0 Å². The van der Waals surface area contributed by atoms with Gasteiger partial charge in [-0.1, -0.05) is 35.3 Å². The van der Waals surface area contributed by atoms with Gasteiger partial charge < -0.3 is 4.90 Å². The minimum absolute atomic E-state index is 0.394. The van der Waals surface area contributed by atoms with Crippen LogP contribution in [-0.2, 0) is 6.54 Å². The number of aromatic nitrogens is 2. The third-order valence-electron chi connectivity index (χ3n) is 2.32. The summed E-state index contributed by atoms with van der Waals surface area (Å²) in [4.78, 5) is 10.2. The second-order valence-electron chi connectivity index (χ2n) is 3.68. The molecule has 3 nitrogen and oxygen atoms in total. The van der Waals surface area contributed by atoms with E-state index in [-0.39, 0.29) is 0 Å². The van der Waals surface area contributed by atoms with Crippen LogP contribution in [0.15, 0.2) is 36.7 Å². The summed E-state index contributed by atoms with van der Waals surface area (Å²) in [7, 11) is 1.94. The van der Waals surface area contributed by atoms with Crippen molar-refractivity contribution in [1.29, 1.82) is 0 Å². The van der Waals surface area contributed by atoms with Crippen molar-refractivity contribution in [3.63, 3.8) is 0 Å². The molecule has 0 atom stereocenters. The van der Waals surface area contributed by atoms with Crippen LogP contribution in [0, 0.1) is 0 Å². The van der Waals surface area contributed by atoms with Gasteiger partial charge in [0.15, 0.2) is 0 Å². The molecule has 0 aliphatic rings. The Hall–Kier alpha value is -1.32. The molecule has 0 fully saturated rings. The average Bonchev–Trinajstić information content (AvgIpc) is 2.32. The van der Waals surface area contributed by atoms with Crippen LogP contribution in [0.2, 0.25) is 10.2 Å². The number of hydrogen-bond donors (Lipinski definition) is 0. The van der Waals surface area contributed by atoms with Gasteiger partial charge in [-0.3, -0.25) is 4.98 Å². The quantitative estimate of drug-likeness (QED) is 0.854. The highest BCUT2D eigenvalue weighted by molar-refractivity contribution is 6.30. The van der Waals surface area contributed by atoms with Gasteiger partial charge in [-0.15, -0.1) is 0 Å². The van der Waals surface area contributed by atoms with Gasteiger partial charge in [0, 0.05) is 18.6 Å². The van der Waals surface area contributed by atoms with E-state index in [1.807, 2.05) is 36.2 Å². The maximum atomic E-state index is 5.83. The van der Waals surface area contributed by atoms with Crippen LogP contribution in [0.25, 0.3) is 0 Å². The molecule has 0 spiro atoms. The lowest BCUT2D eigenvalue weighted by atomic mass is 10.2. The lowest BCUT2D eigenvalue weighted by Gasteiger charge is -2.17. The van der Waals surface area contributed by atoms with E-state index in [4.69, 9.17) is 23.2 Å². The highest BCUT2D eigenvalue weighted by atomic mass is 35.5. The van der Waals surface area contributed by atoms with Gasteiger partial charge in [0.2, 0.25) is 0 Å². The lowest BCUT2D eigenvalue weighted by Crippen LogP contribution is -2.17. The first-order valence-corrected chi connectivity index (χ1v) is 5.84. The first-order valence-electron chi connectivity index (χ1n) is 5.08. The van der Waals surface area contributed by atoms with E-state index in [0.717, 1.165) is 22.9 Å². The molecule has 0 aliphatic heterocycles. The number of hydrogen-bond acceptors (Lipinski definition) is 3. The van der Waals surface area contributed by atoms with E-state index in [9.17, 15) is 0 Å². The summed E-state index contributed by atoms with van der Waals surface area (Å²) >= 11 is 11.6. The molecule has 0 unspecified atom stereocenters. The van der Waals surface area contributed by atoms with E-state index >= 15 is 0 Å². The van der Waals surface area contributed by atoms with Crippen molar-refractivity contribution in [2.24, 2.45) is 0 Å². The summed E-state index contributed by atoms with van der Waals surface area (Å²) in [6.07, 6.45) is 3.20. The summed E-state index contributed by atoms with van der Waals surface area (Å²) in [5, 5.41) is 1.13. The normalized spacial score (nSPS) is 10.3. The molecule has 2 aromatic rings. The SMILES string of the molecule is CN(Cc1ccc(Cl)cc1)c1cncc(Cl)n1. The molecule has 1 aromatic carbocycles. The fourth-order valence-corrected chi connectivity index (χ4v) is 1.73. The third kappa shape index (κ3) is 3.32. The Morgan fingerprint density at radius 1 is 1.12 bits per heavy atom. The zero-order valence-corrected chi connectivity index (χ0v) is 10.8. The Morgan fingerprint density at radius 2 is 1.82 bits per heavy atom. The molecule has 5 heteroatoms. The number of nitrogens with zero attached hydrogens (tertiary/aromatic N) is 3. The molecule has 0 aliphatic carbocycles. The summed E-state index contributed by atoms with van der Waals surface area (Å²) in [6.45, 7) is 0.728. The summed E-state index contributed by atoms with van der Waals surface area (Å²) in [5.74, 6) is 0.743. The number of halogens is 2. The van der Waals surface area contributed by atoms with Crippen molar-refractivity contribution >= 4 is 29.0 Å². The third-order valence-corrected chi connectivity index (χ3v) is 2.75. The van der Waals surface area contributed by atoms with Crippen molar-refractivity contribution in [2.45, 2.75) is 6.54 Å². The maximum Gasteiger partial charge on any atom is 0.149 e. The Bertz CT molecular complexity index is 499. The molecule has 17 heavy (non-hydrogen) atoms. The van der Waals surface area contributed by atoms with E-state index in [1.54, 1.807) is 6.20 Å².